The molecule has 21 heavy (non-hydrogen) atoms. The second kappa shape index (κ2) is 3.64. The predicted molar refractivity (Wildman–Crippen MR) is 80.7 cm³/mol. The fourth-order valence-electron chi connectivity index (χ4n) is 5.50. The number of rotatable bonds is 0. The summed E-state index contributed by atoms with van der Waals surface area (Å²) < 4.78 is 6.34. The Morgan fingerprint density at radius 1 is 1.33 bits per heavy atom. The van der Waals surface area contributed by atoms with Crippen molar-refractivity contribution in [3.05, 3.63) is 35.4 Å². The number of benzene rings is 1. The van der Waals surface area contributed by atoms with E-state index < -0.39 is 0 Å². The Bertz CT molecular complexity index is 667. The zero-order valence-electron chi connectivity index (χ0n) is 12.5. The van der Waals surface area contributed by atoms with Crippen molar-refractivity contribution in [2.24, 2.45) is 11.8 Å². The highest BCUT2D eigenvalue weighted by Gasteiger charge is 2.63. The van der Waals surface area contributed by atoms with Gasteiger partial charge in [0, 0.05) is 28.9 Å². The van der Waals surface area contributed by atoms with Gasteiger partial charge in [0.15, 0.2) is 11.5 Å². The largest absolute Gasteiger partial charge is 0.504 e. The normalized spacial score (nSPS) is 42.6. The fraction of sp³-hybridized carbons (Fsp3) is 0.556. The Labute approximate surface area is 125 Å². The molecule has 3 heteroatoms. The highest BCUT2D eigenvalue weighted by Crippen LogP contribution is 2.63. The molecule has 0 saturated carbocycles. The van der Waals surface area contributed by atoms with E-state index in [1.54, 1.807) is 0 Å². The second-order valence-electron chi connectivity index (χ2n) is 7.30. The molecule has 0 aromatic heterocycles. The quantitative estimate of drug-likeness (QED) is 0.743. The first-order valence-electron chi connectivity index (χ1n) is 8.03. The first kappa shape index (κ1) is 12.1. The van der Waals surface area contributed by atoms with Crippen molar-refractivity contribution in [3.8, 4) is 11.5 Å². The summed E-state index contributed by atoms with van der Waals surface area (Å²) in [5.41, 5.74) is 2.81. The Kier molecular flexibility index (Phi) is 2.10. The van der Waals surface area contributed by atoms with Gasteiger partial charge in [-0.2, -0.15) is 0 Å². The monoisotopic (exact) mass is 283 g/mol. The first-order valence-corrected chi connectivity index (χ1v) is 8.03. The summed E-state index contributed by atoms with van der Waals surface area (Å²) in [7, 11) is 2.25. The number of ether oxygens (including phenoxy) is 1. The standard InChI is InChI=1S/C18H21NO2/c1-10-3-5-12-13-9-11-4-6-14(20)16-15(11)18(12,17(10)21-16)7-8-19(13)2/h3-6,10,12-13,17,20H,7-9H2,1-2H3/t10-,12?,13?,17?,18?/m0/s1. The van der Waals surface area contributed by atoms with Crippen LogP contribution in [0.25, 0.3) is 0 Å². The van der Waals surface area contributed by atoms with Crippen LogP contribution in [0.2, 0.25) is 0 Å². The maximum Gasteiger partial charge on any atom is 0.165 e. The lowest BCUT2D eigenvalue weighted by Crippen LogP contribution is -2.63. The topological polar surface area (TPSA) is 32.7 Å². The van der Waals surface area contributed by atoms with Crippen LogP contribution in [-0.4, -0.2) is 35.7 Å². The van der Waals surface area contributed by atoms with Gasteiger partial charge in [-0.1, -0.05) is 25.1 Å². The molecular formula is C18H21NO2. The third-order valence-electron chi connectivity index (χ3n) is 6.42. The van der Waals surface area contributed by atoms with E-state index in [0.29, 0.717) is 23.6 Å². The van der Waals surface area contributed by atoms with E-state index in [9.17, 15) is 5.11 Å². The maximum absolute atomic E-state index is 10.3. The van der Waals surface area contributed by atoms with Crippen LogP contribution in [0.15, 0.2) is 24.3 Å². The molecule has 1 aromatic carbocycles. The molecule has 2 bridgehead atoms. The smallest absolute Gasteiger partial charge is 0.165 e. The molecule has 1 spiro atoms. The summed E-state index contributed by atoms with van der Waals surface area (Å²) in [6.07, 6.45) is 7.15. The van der Waals surface area contributed by atoms with Crippen molar-refractivity contribution in [2.45, 2.75) is 37.3 Å². The molecule has 1 N–H and O–H groups in total. The second-order valence-corrected chi connectivity index (χ2v) is 7.30. The minimum absolute atomic E-state index is 0.0903. The van der Waals surface area contributed by atoms with Gasteiger partial charge in [-0.25, -0.2) is 0 Å². The van der Waals surface area contributed by atoms with Gasteiger partial charge < -0.3 is 14.7 Å². The first-order chi connectivity index (χ1) is 10.1. The van der Waals surface area contributed by atoms with Crippen LogP contribution < -0.4 is 4.74 Å². The van der Waals surface area contributed by atoms with E-state index in [4.69, 9.17) is 4.74 Å². The molecule has 0 amide bonds. The van der Waals surface area contributed by atoms with Gasteiger partial charge in [0.25, 0.3) is 0 Å². The number of hydrogen-bond donors (Lipinski definition) is 1. The molecule has 5 atom stereocenters. The predicted octanol–water partition coefficient (Wildman–Crippen LogP) is 2.47. The fourth-order valence-corrected chi connectivity index (χ4v) is 5.50. The van der Waals surface area contributed by atoms with Gasteiger partial charge in [-0.05, 0) is 38.1 Å². The molecule has 4 unspecified atom stereocenters. The Morgan fingerprint density at radius 3 is 3.05 bits per heavy atom. The van der Waals surface area contributed by atoms with Crippen LogP contribution in [0.5, 0.6) is 11.5 Å². The molecule has 5 rings (SSSR count). The summed E-state index contributed by atoms with van der Waals surface area (Å²) in [5, 5.41) is 10.3. The number of likely N-dealkylation sites (N-methyl/N-ethyl adjacent to an activating group) is 1. The average Bonchev–Trinajstić information content (AvgIpc) is 2.83. The molecule has 110 valence electrons. The summed E-state index contributed by atoms with van der Waals surface area (Å²) >= 11 is 0. The molecule has 1 aromatic rings. The van der Waals surface area contributed by atoms with Crippen molar-refractivity contribution < 1.29 is 9.84 Å². The molecule has 2 aliphatic carbocycles. The van der Waals surface area contributed by atoms with E-state index in [0.717, 1.165) is 25.1 Å². The molecule has 1 fully saturated rings. The highest BCUT2D eigenvalue weighted by atomic mass is 16.5. The van der Waals surface area contributed by atoms with E-state index in [2.05, 4.69) is 37.1 Å². The zero-order valence-corrected chi connectivity index (χ0v) is 12.5. The SMILES string of the molecule is C[C@H]1C=CC2C3Cc4ccc(O)c5c4C2(CCN3C)C1O5. The van der Waals surface area contributed by atoms with Crippen LogP contribution in [0, 0.1) is 11.8 Å². The van der Waals surface area contributed by atoms with E-state index >= 15 is 0 Å². The van der Waals surface area contributed by atoms with Gasteiger partial charge in [0.2, 0.25) is 0 Å². The molecule has 1 saturated heterocycles. The summed E-state index contributed by atoms with van der Waals surface area (Å²) in [6.45, 7) is 3.37. The number of aromatic hydroxyl groups is 1. The molecule has 3 nitrogen and oxygen atoms in total. The van der Waals surface area contributed by atoms with Crippen molar-refractivity contribution in [3.63, 3.8) is 0 Å². The van der Waals surface area contributed by atoms with Gasteiger partial charge in [0.05, 0.1) is 0 Å². The number of phenolic OH excluding ortho intramolecular Hbond substituents is 1. The molecule has 0 radical (unpaired) electrons. The number of piperidine rings is 1. The van der Waals surface area contributed by atoms with E-state index in [1.165, 1.54) is 11.1 Å². The van der Waals surface area contributed by atoms with Gasteiger partial charge in [0.1, 0.15) is 6.10 Å². The van der Waals surface area contributed by atoms with Crippen LogP contribution in [0.4, 0.5) is 0 Å². The van der Waals surface area contributed by atoms with Crippen molar-refractivity contribution in [1.82, 2.24) is 4.90 Å². The summed E-state index contributed by atoms with van der Waals surface area (Å²) in [4.78, 5) is 2.51. The van der Waals surface area contributed by atoms with E-state index in [1.807, 2.05) is 6.07 Å². The molecular weight excluding hydrogens is 262 g/mol. The molecule has 2 heterocycles. The van der Waals surface area contributed by atoms with Crippen LogP contribution in [0.3, 0.4) is 0 Å². The van der Waals surface area contributed by atoms with Gasteiger partial charge in [-0.15, -0.1) is 0 Å². The third-order valence-corrected chi connectivity index (χ3v) is 6.42. The summed E-state index contributed by atoms with van der Waals surface area (Å²) in [6, 6.07) is 4.50. The van der Waals surface area contributed by atoms with Crippen LogP contribution >= 0.6 is 0 Å². The average molecular weight is 283 g/mol. The Hall–Kier alpha value is -1.48. The molecule has 4 aliphatic rings. The number of likely N-dealkylation sites (tertiary alicyclic amines) is 1. The Balaban J connectivity index is 1.84. The highest BCUT2D eigenvalue weighted by molar-refractivity contribution is 5.61. The van der Waals surface area contributed by atoms with Crippen molar-refractivity contribution in [2.75, 3.05) is 13.6 Å². The van der Waals surface area contributed by atoms with Crippen molar-refractivity contribution >= 4 is 0 Å². The summed E-state index contributed by atoms with van der Waals surface area (Å²) in [5.74, 6) is 2.03. The number of nitrogens with zero attached hydrogens (tertiary/aromatic N) is 1. The zero-order chi connectivity index (χ0) is 14.4. The number of phenols is 1. The van der Waals surface area contributed by atoms with E-state index in [-0.39, 0.29) is 11.5 Å². The molecule has 2 aliphatic heterocycles. The Morgan fingerprint density at radius 2 is 2.19 bits per heavy atom. The number of hydrogen-bond acceptors (Lipinski definition) is 3. The third kappa shape index (κ3) is 1.21. The van der Waals surface area contributed by atoms with Gasteiger partial charge >= 0.3 is 0 Å². The maximum atomic E-state index is 10.3. The van der Waals surface area contributed by atoms with Gasteiger partial charge in [-0.3, -0.25) is 0 Å². The van der Waals surface area contributed by atoms with Crippen LogP contribution in [0.1, 0.15) is 24.5 Å². The lowest BCUT2D eigenvalue weighted by molar-refractivity contribution is -0.0143. The van der Waals surface area contributed by atoms with Crippen molar-refractivity contribution in [1.29, 1.82) is 0 Å². The minimum atomic E-state index is 0.0903. The van der Waals surface area contributed by atoms with Crippen LogP contribution in [-0.2, 0) is 11.8 Å². The lowest BCUT2D eigenvalue weighted by Gasteiger charge is -2.56. The lowest BCUT2D eigenvalue weighted by atomic mass is 9.52. The minimum Gasteiger partial charge on any atom is -0.504 e.